The van der Waals surface area contributed by atoms with Gasteiger partial charge < -0.3 is 15.3 Å². The van der Waals surface area contributed by atoms with Gasteiger partial charge in [-0.2, -0.15) is 0 Å². The molecule has 0 bridgehead atoms. The van der Waals surface area contributed by atoms with Crippen molar-refractivity contribution in [2.75, 3.05) is 11.9 Å². The molecule has 2 amide bonds. The SMILES string of the molecule is CC(=O)c1ccc(NC(=O)N(CCC(=O)O)C2CC2)cc1. The quantitative estimate of drug-likeness (QED) is 0.787. The number of ketones is 1. The van der Waals surface area contributed by atoms with Crippen molar-refractivity contribution in [1.29, 1.82) is 0 Å². The van der Waals surface area contributed by atoms with E-state index in [9.17, 15) is 14.4 Å². The second-order valence-electron chi connectivity index (χ2n) is 5.13. The summed E-state index contributed by atoms with van der Waals surface area (Å²) in [6.07, 6.45) is 1.76. The molecule has 1 aliphatic carbocycles. The predicted molar refractivity (Wildman–Crippen MR) is 77.4 cm³/mol. The molecule has 2 N–H and O–H groups in total. The van der Waals surface area contributed by atoms with Gasteiger partial charge in [-0.15, -0.1) is 0 Å². The molecular weight excluding hydrogens is 272 g/mol. The summed E-state index contributed by atoms with van der Waals surface area (Å²) in [4.78, 5) is 35.6. The number of rotatable bonds is 6. The summed E-state index contributed by atoms with van der Waals surface area (Å²) < 4.78 is 0. The lowest BCUT2D eigenvalue weighted by Crippen LogP contribution is -2.38. The zero-order valence-electron chi connectivity index (χ0n) is 11.8. The molecule has 6 nitrogen and oxygen atoms in total. The van der Waals surface area contributed by atoms with Gasteiger partial charge in [-0.25, -0.2) is 4.79 Å². The Morgan fingerprint density at radius 1 is 1.24 bits per heavy atom. The van der Waals surface area contributed by atoms with Gasteiger partial charge in [0, 0.05) is 23.8 Å². The Balaban J connectivity index is 1.97. The summed E-state index contributed by atoms with van der Waals surface area (Å²) in [5.41, 5.74) is 1.17. The second kappa shape index (κ2) is 6.39. The molecule has 0 spiro atoms. The van der Waals surface area contributed by atoms with Gasteiger partial charge in [0.15, 0.2) is 5.78 Å². The fourth-order valence-electron chi connectivity index (χ4n) is 2.04. The molecule has 0 unspecified atom stereocenters. The van der Waals surface area contributed by atoms with Crippen molar-refractivity contribution in [3.05, 3.63) is 29.8 Å². The van der Waals surface area contributed by atoms with Gasteiger partial charge in [-0.3, -0.25) is 9.59 Å². The highest BCUT2D eigenvalue weighted by Crippen LogP contribution is 2.27. The molecule has 0 heterocycles. The molecule has 0 saturated heterocycles. The number of aliphatic carboxylic acids is 1. The lowest BCUT2D eigenvalue weighted by Gasteiger charge is -2.22. The molecule has 0 aromatic heterocycles. The van der Waals surface area contributed by atoms with E-state index >= 15 is 0 Å². The van der Waals surface area contributed by atoms with Crippen LogP contribution >= 0.6 is 0 Å². The number of Topliss-reactive ketones (excluding diaryl/α,β-unsaturated/α-hetero) is 1. The maximum Gasteiger partial charge on any atom is 0.322 e. The zero-order valence-corrected chi connectivity index (χ0v) is 11.8. The normalized spacial score (nSPS) is 13.6. The Bertz CT molecular complexity index is 549. The van der Waals surface area contributed by atoms with Crippen LogP contribution in [-0.2, 0) is 4.79 Å². The number of nitrogens with zero attached hydrogens (tertiary/aromatic N) is 1. The van der Waals surface area contributed by atoms with E-state index < -0.39 is 5.97 Å². The van der Waals surface area contributed by atoms with E-state index in [1.807, 2.05) is 0 Å². The molecule has 0 aliphatic heterocycles. The monoisotopic (exact) mass is 290 g/mol. The lowest BCUT2D eigenvalue weighted by molar-refractivity contribution is -0.137. The van der Waals surface area contributed by atoms with Crippen LogP contribution in [0.2, 0.25) is 0 Å². The number of carboxylic acid groups (broad SMARTS) is 1. The van der Waals surface area contributed by atoms with Crippen molar-refractivity contribution < 1.29 is 19.5 Å². The minimum Gasteiger partial charge on any atom is -0.481 e. The third-order valence-electron chi connectivity index (χ3n) is 3.36. The molecule has 2 rings (SSSR count). The summed E-state index contributed by atoms with van der Waals surface area (Å²) in [5, 5.41) is 11.5. The van der Waals surface area contributed by atoms with Gasteiger partial charge in [0.1, 0.15) is 0 Å². The highest BCUT2D eigenvalue weighted by atomic mass is 16.4. The molecule has 0 radical (unpaired) electrons. The van der Waals surface area contributed by atoms with Crippen molar-refractivity contribution in [3.8, 4) is 0 Å². The zero-order chi connectivity index (χ0) is 15.4. The van der Waals surface area contributed by atoms with Crippen LogP contribution in [0.4, 0.5) is 10.5 Å². The van der Waals surface area contributed by atoms with Crippen molar-refractivity contribution >= 4 is 23.5 Å². The number of anilines is 1. The summed E-state index contributed by atoms with van der Waals surface area (Å²) in [5.74, 6) is -0.951. The molecule has 1 saturated carbocycles. The van der Waals surface area contributed by atoms with Crippen LogP contribution in [-0.4, -0.2) is 40.4 Å². The number of carbonyl (C=O) groups is 3. The first-order valence-corrected chi connectivity index (χ1v) is 6.88. The van der Waals surface area contributed by atoms with Gasteiger partial charge in [-0.1, -0.05) is 0 Å². The summed E-state index contributed by atoms with van der Waals surface area (Å²) in [6, 6.07) is 6.47. The maximum absolute atomic E-state index is 12.2. The first kappa shape index (κ1) is 15.0. The number of hydrogen-bond donors (Lipinski definition) is 2. The molecule has 0 atom stereocenters. The van der Waals surface area contributed by atoms with Crippen molar-refractivity contribution in [2.24, 2.45) is 0 Å². The standard InChI is InChI=1S/C15H18N2O4/c1-10(18)11-2-4-12(5-3-11)16-15(21)17(13-6-7-13)9-8-14(19)20/h2-5,13H,6-9H2,1H3,(H,16,21)(H,19,20). The number of hydrogen-bond acceptors (Lipinski definition) is 3. The van der Waals surface area contributed by atoms with Gasteiger partial charge in [0.05, 0.1) is 6.42 Å². The fraction of sp³-hybridized carbons (Fsp3) is 0.400. The average Bonchev–Trinajstić information content (AvgIpc) is 3.23. The molecule has 1 fully saturated rings. The van der Waals surface area contributed by atoms with Gasteiger partial charge >= 0.3 is 12.0 Å². The number of amides is 2. The molecular formula is C15H18N2O4. The highest BCUT2D eigenvalue weighted by molar-refractivity contribution is 5.95. The second-order valence-corrected chi connectivity index (χ2v) is 5.13. The van der Waals surface area contributed by atoms with Gasteiger partial charge in [0.25, 0.3) is 0 Å². The molecule has 21 heavy (non-hydrogen) atoms. The third kappa shape index (κ3) is 4.30. The Morgan fingerprint density at radius 3 is 2.33 bits per heavy atom. The van der Waals surface area contributed by atoms with E-state index in [-0.39, 0.29) is 30.8 Å². The smallest absolute Gasteiger partial charge is 0.322 e. The van der Waals surface area contributed by atoms with Gasteiger partial charge in [-0.05, 0) is 44.0 Å². The Kier molecular flexibility index (Phi) is 4.57. The number of urea groups is 1. The van der Waals surface area contributed by atoms with E-state index in [2.05, 4.69) is 5.32 Å². The molecule has 6 heteroatoms. The van der Waals surface area contributed by atoms with Crippen LogP contribution in [0.5, 0.6) is 0 Å². The van der Waals surface area contributed by atoms with E-state index in [1.54, 1.807) is 29.2 Å². The summed E-state index contributed by atoms with van der Waals surface area (Å²) in [6.45, 7) is 1.69. The minimum atomic E-state index is -0.917. The van der Waals surface area contributed by atoms with Crippen molar-refractivity contribution in [2.45, 2.75) is 32.2 Å². The number of nitrogens with one attached hydrogen (secondary N) is 1. The topological polar surface area (TPSA) is 86.7 Å². The summed E-state index contributed by atoms with van der Waals surface area (Å²) in [7, 11) is 0. The Hall–Kier alpha value is -2.37. The van der Waals surface area contributed by atoms with Crippen LogP contribution in [0.3, 0.4) is 0 Å². The van der Waals surface area contributed by atoms with Crippen LogP contribution < -0.4 is 5.32 Å². The lowest BCUT2D eigenvalue weighted by atomic mass is 10.1. The van der Waals surface area contributed by atoms with E-state index in [0.29, 0.717) is 11.3 Å². The predicted octanol–water partition coefficient (Wildman–Crippen LogP) is 2.36. The number of benzene rings is 1. The number of carbonyl (C=O) groups excluding carboxylic acids is 2. The Labute approximate surface area is 122 Å². The van der Waals surface area contributed by atoms with Crippen molar-refractivity contribution in [3.63, 3.8) is 0 Å². The van der Waals surface area contributed by atoms with E-state index in [4.69, 9.17) is 5.11 Å². The van der Waals surface area contributed by atoms with Crippen molar-refractivity contribution in [1.82, 2.24) is 4.90 Å². The largest absolute Gasteiger partial charge is 0.481 e. The first-order valence-electron chi connectivity index (χ1n) is 6.88. The molecule has 112 valence electrons. The van der Waals surface area contributed by atoms with Gasteiger partial charge in [0.2, 0.25) is 0 Å². The fourth-order valence-corrected chi connectivity index (χ4v) is 2.04. The minimum absolute atomic E-state index is 0.0334. The first-order chi connectivity index (χ1) is 9.97. The Morgan fingerprint density at radius 2 is 1.86 bits per heavy atom. The molecule has 1 aliphatic rings. The number of carboxylic acids is 1. The molecule has 1 aromatic carbocycles. The summed E-state index contributed by atoms with van der Waals surface area (Å²) >= 11 is 0. The maximum atomic E-state index is 12.2. The van der Waals surface area contributed by atoms with E-state index in [0.717, 1.165) is 12.8 Å². The van der Waals surface area contributed by atoms with Crippen LogP contribution in [0, 0.1) is 0 Å². The van der Waals surface area contributed by atoms with Crippen LogP contribution in [0.25, 0.3) is 0 Å². The van der Waals surface area contributed by atoms with Crippen LogP contribution in [0.1, 0.15) is 36.5 Å². The van der Waals surface area contributed by atoms with E-state index in [1.165, 1.54) is 6.92 Å². The average molecular weight is 290 g/mol. The molecule has 1 aromatic rings. The van der Waals surface area contributed by atoms with Crippen LogP contribution in [0.15, 0.2) is 24.3 Å². The third-order valence-corrected chi connectivity index (χ3v) is 3.36. The highest BCUT2D eigenvalue weighted by Gasteiger charge is 2.32.